The predicted molar refractivity (Wildman–Crippen MR) is 77.7 cm³/mol. The monoisotopic (exact) mass is 261 g/mol. The lowest BCUT2D eigenvalue weighted by molar-refractivity contribution is 0.407. The highest BCUT2D eigenvalue weighted by Crippen LogP contribution is 2.35. The largest absolute Gasteiger partial charge is 0.496 e. The summed E-state index contributed by atoms with van der Waals surface area (Å²) in [5.41, 5.74) is 4.76. The minimum absolute atomic E-state index is 0.445. The normalized spacial score (nSPS) is 11.0. The fourth-order valence-corrected chi connectivity index (χ4v) is 2.91. The van der Waals surface area contributed by atoms with Crippen LogP contribution in [-0.2, 0) is 0 Å². The Morgan fingerprint density at radius 2 is 1.94 bits per heavy atom. The minimum atomic E-state index is 0.445. The van der Waals surface area contributed by atoms with E-state index in [9.17, 15) is 0 Å². The number of hydrogen-bond acceptors (Lipinski definition) is 3. The minimum Gasteiger partial charge on any atom is -0.496 e. The molecule has 3 heteroatoms. The zero-order chi connectivity index (χ0) is 13.3. The van der Waals surface area contributed by atoms with Gasteiger partial charge in [0.25, 0.3) is 0 Å². The van der Waals surface area contributed by atoms with Crippen molar-refractivity contribution in [1.29, 1.82) is 0 Å². The van der Waals surface area contributed by atoms with Gasteiger partial charge in [0.2, 0.25) is 0 Å². The molecule has 2 aromatic rings. The van der Waals surface area contributed by atoms with Gasteiger partial charge in [-0.15, -0.1) is 11.3 Å². The summed E-state index contributed by atoms with van der Waals surface area (Å²) < 4.78 is 5.47. The Morgan fingerprint density at radius 3 is 2.44 bits per heavy atom. The molecule has 0 fully saturated rings. The number of methoxy groups -OCH3 is 1. The van der Waals surface area contributed by atoms with Crippen LogP contribution in [0.4, 0.5) is 0 Å². The molecule has 2 rings (SSSR count). The first kappa shape index (κ1) is 13.1. The van der Waals surface area contributed by atoms with E-state index in [4.69, 9.17) is 4.74 Å². The van der Waals surface area contributed by atoms with Crippen LogP contribution in [0.1, 0.15) is 36.6 Å². The van der Waals surface area contributed by atoms with Crippen molar-refractivity contribution in [3.63, 3.8) is 0 Å². The molecule has 0 N–H and O–H groups in total. The van der Waals surface area contributed by atoms with E-state index < -0.39 is 0 Å². The Morgan fingerprint density at radius 1 is 1.22 bits per heavy atom. The Balaban J connectivity index is 2.58. The van der Waals surface area contributed by atoms with Crippen LogP contribution in [0.25, 0.3) is 10.6 Å². The third kappa shape index (κ3) is 2.41. The smallest absolute Gasteiger partial charge is 0.123 e. The van der Waals surface area contributed by atoms with Crippen LogP contribution in [0.3, 0.4) is 0 Å². The van der Waals surface area contributed by atoms with Gasteiger partial charge in [0.05, 0.1) is 7.11 Å². The first-order valence-electron chi connectivity index (χ1n) is 6.14. The van der Waals surface area contributed by atoms with Gasteiger partial charge >= 0.3 is 0 Å². The summed E-state index contributed by atoms with van der Waals surface area (Å²) in [7, 11) is 1.73. The SMILES string of the molecule is COc1cc(C)c(-c2nc(C)cs2)cc1C(C)C. The number of ether oxygens (including phenoxy) is 1. The first-order chi connectivity index (χ1) is 8.52. The van der Waals surface area contributed by atoms with E-state index in [-0.39, 0.29) is 0 Å². The van der Waals surface area contributed by atoms with Gasteiger partial charge in [0.15, 0.2) is 0 Å². The van der Waals surface area contributed by atoms with Crippen LogP contribution in [0, 0.1) is 13.8 Å². The van der Waals surface area contributed by atoms with Crippen molar-refractivity contribution < 1.29 is 4.74 Å². The van der Waals surface area contributed by atoms with E-state index in [0.29, 0.717) is 5.92 Å². The van der Waals surface area contributed by atoms with E-state index in [1.54, 1.807) is 18.4 Å². The van der Waals surface area contributed by atoms with Crippen LogP contribution in [0.5, 0.6) is 5.75 Å². The zero-order valence-electron chi connectivity index (χ0n) is 11.6. The van der Waals surface area contributed by atoms with Crippen molar-refractivity contribution in [3.05, 3.63) is 34.3 Å². The van der Waals surface area contributed by atoms with Gasteiger partial charge in [-0.1, -0.05) is 13.8 Å². The van der Waals surface area contributed by atoms with E-state index in [0.717, 1.165) is 16.5 Å². The molecule has 0 aliphatic carbocycles. The van der Waals surface area contributed by atoms with Crippen molar-refractivity contribution in [1.82, 2.24) is 4.98 Å². The molecular weight excluding hydrogens is 242 g/mol. The van der Waals surface area contributed by atoms with Gasteiger partial charge in [0, 0.05) is 16.6 Å². The standard InChI is InChI=1S/C15H19NOS/c1-9(2)12-7-13(10(3)6-14(12)17-5)15-16-11(4)8-18-15/h6-9H,1-5H3. The van der Waals surface area contributed by atoms with Crippen molar-refractivity contribution in [2.45, 2.75) is 33.6 Å². The molecule has 0 unspecified atom stereocenters. The maximum Gasteiger partial charge on any atom is 0.123 e. The average molecular weight is 261 g/mol. The van der Waals surface area contributed by atoms with Gasteiger partial charge in [-0.25, -0.2) is 4.98 Å². The van der Waals surface area contributed by atoms with Crippen LogP contribution in [0.15, 0.2) is 17.5 Å². The Bertz CT molecular complexity index is 558. The van der Waals surface area contributed by atoms with E-state index in [1.807, 2.05) is 6.92 Å². The summed E-state index contributed by atoms with van der Waals surface area (Å²) >= 11 is 1.70. The molecule has 0 atom stereocenters. The lowest BCUT2D eigenvalue weighted by Crippen LogP contribution is -1.97. The highest BCUT2D eigenvalue weighted by atomic mass is 32.1. The van der Waals surface area contributed by atoms with Gasteiger partial charge in [-0.3, -0.25) is 0 Å². The van der Waals surface area contributed by atoms with E-state index in [2.05, 4.69) is 43.3 Å². The Hall–Kier alpha value is -1.35. The van der Waals surface area contributed by atoms with E-state index >= 15 is 0 Å². The summed E-state index contributed by atoms with van der Waals surface area (Å²) in [6.07, 6.45) is 0. The fraction of sp³-hybridized carbons (Fsp3) is 0.400. The van der Waals surface area contributed by atoms with Crippen molar-refractivity contribution in [3.8, 4) is 16.3 Å². The van der Waals surface area contributed by atoms with Crippen LogP contribution >= 0.6 is 11.3 Å². The lowest BCUT2D eigenvalue weighted by atomic mass is 9.96. The average Bonchev–Trinajstić information content (AvgIpc) is 2.74. The fourth-order valence-electron chi connectivity index (χ4n) is 2.03. The maximum absolute atomic E-state index is 5.47. The molecule has 0 saturated carbocycles. The number of hydrogen-bond donors (Lipinski definition) is 0. The van der Waals surface area contributed by atoms with Gasteiger partial charge < -0.3 is 4.74 Å². The number of aryl methyl sites for hydroxylation is 2. The number of nitrogens with zero attached hydrogens (tertiary/aromatic N) is 1. The van der Waals surface area contributed by atoms with Gasteiger partial charge in [-0.05, 0) is 43.0 Å². The molecule has 0 spiro atoms. The quantitative estimate of drug-likeness (QED) is 0.808. The molecule has 0 amide bonds. The van der Waals surface area contributed by atoms with Crippen molar-refractivity contribution in [2.24, 2.45) is 0 Å². The second-order valence-corrected chi connectivity index (χ2v) is 5.72. The highest BCUT2D eigenvalue weighted by Gasteiger charge is 2.13. The molecule has 18 heavy (non-hydrogen) atoms. The molecule has 0 saturated heterocycles. The summed E-state index contributed by atoms with van der Waals surface area (Å²) in [5, 5.41) is 3.18. The summed E-state index contributed by atoms with van der Waals surface area (Å²) in [6, 6.07) is 4.33. The molecule has 1 aromatic heterocycles. The van der Waals surface area contributed by atoms with Crippen LogP contribution < -0.4 is 4.74 Å². The number of thiazole rings is 1. The molecule has 0 bridgehead atoms. The first-order valence-corrected chi connectivity index (χ1v) is 7.02. The number of aromatic nitrogens is 1. The molecule has 1 aromatic carbocycles. The maximum atomic E-state index is 5.47. The highest BCUT2D eigenvalue weighted by molar-refractivity contribution is 7.13. The molecule has 0 aliphatic heterocycles. The third-order valence-electron chi connectivity index (χ3n) is 3.05. The molecule has 1 heterocycles. The van der Waals surface area contributed by atoms with Crippen LogP contribution in [-0.4, -0.2) is 12.1 Å². The second kappa shape index (κ2) is 5.11. The zero-order valence-corrected chi connectivity index (χ0v) is 12.4. The molecular formula is C15H19NOS. The van der Waals surface area contributed by atoms with Crippen molar-refractivity contribution in [2.75, 3.05) is 7.11 Å². The van der Waals surface area contributed by atoms with Gasteiger partial charge in [0.1, 0.15) is 10.8 Å². The van der Waals surface area contributed by atoms with Gasteiger partial charge in [-0.2, -0.15) is 0 Å². The number of rotatable bonds is 3. The Labute approximate surface area is 113 Å². The molecule has 2 nitrogen and oxygen atoms in total. The second-order valence-electron chi connectivity index (χ2n) is 4.86. The summed E-state index contributed by atoms with van der Waals surface area (Å²) in [6.45, 7) is 8.51. The predicted octanol–water partition coefficient (Wildman–Crippen LogP) is 4.56. The van der Waals surface area contributed by atoms with Crippen LogP contribution in [0.2, 0.25) is 0 Å². The topological polar surface area (TPSA) is 22.1 Å². The lowest BCUT2D eigenvalue weighted by Gasteiger charge is -2.15. The molecule has 96 valence electrons. The number of benzene rings is 1. The summed E-state index contributed by atoms with van der Waals surface area (Å²) in [5.74, 6) is 1.42. The third-order valence-corrected chi connectivity index (χ3v) is 4.04. The molecule has 0 aliphatic rings. The van der Waals surface area contributed by atoms with E-state index in [1.165, 1.54) is 16.7 Å². The molecule has 0 radical (unpaired) electrons. The van der Waals surface area contributed by atoms with Crippen molar-refractivity contribution >= 4 is 11.3 Å². The summed E-state index contributed by atoms with van der Waals surface area (Å²) in [4.78, 5) is 4.58. The Kier molecular flexibility index (Phi) is 3.71.